The van der Waals surface area contributed by atoms with Crippen LogP contribution >= 0.6 is 0 Å². The summed E-state index contributed by atoms with van der Waals surface area (Å²) in [6.45, 7) is 5.08. The fraction of sp³-hybridized carbons (Fsp3) is 0.700. The van der Waals surface area contributed by atoms with E-state index in [0.717, 1.165) is 6.54 Å². The quantitative estimate of drug-likeness (QED) is 0.477. The molecule has 1 unspecified atom stereocenters. The van der Waals surface area contributed by atoms with Gasteiger partial charge < -0.3 is 15.2 Å². The molecular weight excluding hydrogens is 182 g/mol. The van der Waals surface area contributed by atoms with Gasteiger partial charge in [-0.1, -0.05) is 13.0 Å². The molecule has 82 valence electrons. The zero-order valence-electron chi connectivity index (χ0n) is 9.04. The number of carboxylic acid groups (broad SMARTS) is 1. The summed E-state index contributed by atoms with van der Waals surface area (Å²) in [5.74, 6) is -0.839. The molecule has 0 aliphatic carbocycles. The molecule has 0 saturated heterocycles. The van der Waals surface area contributed by atoms with Crippen LogP contribution in [0.2, 0.25) is 0 Å². The van der Waals surface area contributed by atoms with Crippen molar-refractivity contribution >= 4 is 5.97 Å². The number of aliphatic carboxylic acids is 1. The molecular formula is C10H19NO3. The maximum atomic E-state index is 10.6. The van der Waals surface area contributed by atoms with Gasteiger partial charge in [0, 0.05) is 25.8 Å². The fourth-order valence-corrected chi connectivity index (χ4v) is 0.948. The maximum Gasteiger partial charge on any atom is 0.331 e. The lowest BCUT2D eigenvalue weighted by Crippen LogP contribution is -2.26. The number of hydrogen-bond acceptors (Lipinski definition) is 3. The smallest absolute Gasteiger partial charge is 0.331 e. The molecule has 1 atom stereocenters. The summed E-state index contributed by atoms with van der Waals surface area (Å²) in [5.41, 5.74) is 0.447. The molecule has 0 rings (SSSR count). The number of carbonyl (C=O) groups is 1. The van der Waals surface area contributed by atoms with Crippen molar-refractivity contribution in [2.75, 3.05) is 20.2 Å². The lowest BCUT2D eigenvalue weighted by atomic mass is 10.2. The molecule has 0 aromatic rings. The van der Waals surface area contributed by atoms with E-state index in [1.165, 1.54) is 0 Å². The molecule has 14 heavy (non-hydrogen) atoms. The molecule has 0 aromatic carbocycles. The highest BCUT2D eigenvalue weighted by molar-refractivity contribution is 5.86. The van der Waals surface area contributed by atoms with Crippen molar-refractivity contribution in [1.82, 2.24) is 5.32 Å². The van der Waals surface area contributed by atoms with Crippen molar-refractivity contribution in [3.8, 4) is 0 Å². The summed E-state index contributed by atoms with van der Waals surface area (Å²) in [5, 5.41) is 11.8. The first kappa shape index (κ1) is 13.1. The third-order valence-electron chi connectivity index (χ3n) is 1.98. The first-order valence-electron chi connectivity index (χ1n) is 4.77. The average Bonchev–Trinajstić information content (AvgIpc) is 2.16. The topological polar surface area (TPSA) is 58.6 Å². The van der Waals surface area contributed by atoms with Gasteiger partial charge in [0.2, 0.25) is 0 Å². The number of methoxy groups -OCH3 is 1. The number of nitrogens with one attached hydrogen (secondary N) is 1. The standard InChI is InChI=1S/C10H19NO3/c1-4-9(10(12)13)5-6-11-7-8(2)14-3/h5,8,11H,4,6-7H2,1-3H3,(H,12,13). The Morgan fingerprint density at radius 2 is 2.29 bits per heavy atom. The average molecular weight is 201 g/mol. The molecule has 0 amide bonds. The summed E-state index contributed by atoms with van der Waals surface area (Å²) < 4.78 is 5.03. The van der Waals surface area contributed by atoms with Crippen LogP contribution in [-0.2, 0) is 9.53 Å². The van der Waals surface area contributed by atoms with E-state index < -0.39 is 5.97 Å². The van der Waals surface area contributed by atoms with E-state index in [-0.39, 0.29) is 6.10 Å². The first-order valence-corrected chi connectivity index (χ1v) is 4.77. The van der Waals surface area contributed by atoms with Gasteiger partial charge in [-0.15, -0.1) is 0 Å². The Bertz CT molecular complexity index is 202. The lowest BCUT2D eigenvalue weighted by molar-refractivity contribution is -0.132. The van der Waals surface area contributed by atoms with Crippen molar-refractivity contribution in [2.24, 2.45) is 0 Å². The van der Waals surface area contributed by atoms with E-state index in [9.17, 15) is 4.79 Å². The zero-order valence-corrected chi connectivity index (χ0v) is 9.04. The van der Waals surface area contributed by atoms with Gasteiger partial charge in [-0.3, -0.25) is 0 Å². The molecule has 0 aliphatic heterocycles. The van der Waals surface area contributed by atoms with Crippen LogP contribution in [0.5, 0.6) is 0 Å². The Balaban J connectivity index is 3.74. The second-order valence-corrected chi connectivity index (χ2v) is 3.09. The SMILES string of the molecule is CCC(=CCNCC(C)OC)C(=O)O. The molecule has 0 fully saturated rings. The van der Waals surface area contributed by atoms with Crippen LogP contribution in [0, 0.1) is 0 Å². The summed E-state index contributed by atoms with van der Waals surface area (Å²) in [6, 6.07) is 0. The Kier molecular flexibility index (Phi) is 7.06. The minimum absolute atomic E-state index is 0.151. The van der Waals surface area contributed by atoms with E-state index in [1.807, 2.05) is 13.8 Å². The molecule has 2 N–H and O–H groups in total. The monoisotopic (exact) mass is 201 g/mol. The van der Waals surface area contributed by atoms with Gasteiger partial charge in [0.1, 0.15) is 0 Å². The maximum absolute atomic E-state index is 10.6. The third kappa shape index (κ3) is 5.72. The summed E-state index contributed by atoms with van der Waals surface area (Å²) in [4.78, 5) is 10.6. The normalized spacial score (nSPS) is 14.1. The van der Waals surface area contributed by atoms with Crippen LogP contribution in [0.15, 0.2) is 11.6 Å². The van der Waals surface area contributed by atoms with Crippen LogP contribution < -0.4 is 5.32 Å². The van der Waals surface area contributed by atoms with Gasteiger partial charge in [-0.25, -0.2) is 4.79 Å². The van der Waals surface area contributed by atoms with Crippen LogP contribution in [0.25, 0.3) is 0 Å². The summed E-state index contributed by atoms with van der Waals surface area (Å²) in [7, 11) is 1.65. The fourth-order valence-electron chi connectivity index (χ4n) is 0.948. The second-order valence-electron chi connectivity index (χ2n) is 3.09. The van der Waals surface area contributed by atoms with Gasteiger partial charge in [0.15, 0.2) is 0 Å². The van der Waals surface area contributed by atoms with Gasteiger partial charge in [0.25, 0.3) is 0 Å². The molecule has 0 spiro atoms. The second kappa shape index (κ2) is 7.53. The van der Waals surface area contributed by atoms with Gasteiger partial charge in [-0.05, 0) is 13.3 Å². The van der Waals surface area contributed by atoms with Crippen molar-refractivity contribution < 1.29 is 14.6 Å². The first-order chi connectivity index (χ1) is 6.61. The minimum Gasteiger partial charge on any atom is -0.478 e. The summed E-state index contributed by atoms with van der Waals surface area (Å²) >= 11 is 0. The Labute approximate surface area is 85.0 Å². The van der Waals surface area contributed by atoms with Gasteiger partial charge in [0.05, 0.1) is 6.10 Å². The molecule has 0 heterocycles. The van der Waals surface area contributed by atoms with E-state index >= 15 is 0 Å². The molecule has 0 bridgehead atoms. The highest BCUT2D eigenvalue weighted by Crippen LogP contribution is 1.98. The predicted octanol–water partition coefficient (Wildman–Crippen LogP) is 1.03. The number of rotatable bonds is 7. The van der Waals surface area contributed by atoms with Crippen LogP contribution in [0.3, 0.4) is 0 Å². The molecule has 0 radical (unpaired) electrons. The van der Waals surface area contributed by atoms with E-state index in [0.29, 0.717) is 18.5 Å². The highest BCUT2D eigenvalue weighted by atomic mass is 16.5. The van der Waals surface area contributed by atoms with Crippen molar-refractivity contribution in [3.05, 3.63) is 11.6 Å². The minimum atomic E-state index is -0.839. The van der Waals surface area contributed by atoms with Crippen molar-refractivity contribution in [2.45, 2.75) is 26.4 Å². The van der Waals surface area contributed by atoms with Gasteiger partial charge >= 0.3 is 5.97 Å². The number of carboxylic acids is 1. The van der Waals surface area contributed by atoms with Crippen LogP contribution in [0.4, 0.5) is 0 Å². The number of ether oxygens (including phenoxy) is 1. The lowest BCUT2D eigenvalue weighted by Gasteiger charge is -2.09. The largest absolute Gasteiger partial charge is 0.478 e. The third-order valence-corrected chi connectivity index (χ3v) is 1.98. The zero-order chi connectivity index (χ0) is 11.0. The van der Waals surface area contributed by atoms with Gasteiger partial charge in [-0.2, -0.15) is 0 Å². The van der Waals surface area contributed by atoms with Crippen LogP contribution in [0.1, 0.15) is 20.3 Å². The Hall–Kier alpha value is -0.870. The highest BCUT2D eigenvalue weighted by Gasteiger charge is 2.02. The van der Waals surface area contributed by atoms with E-state index in [1.54, 1.807) is 13.2 Å². The summed E-state index contributed by atoms with van der Waals surface area (Å²) in [6.07, 6.45) is 2.40. The molecule has 0 saturated carbocycles. The molecule has 4 heteroatoms. The molecule has 4 nitrogen and oxygen atoms in total. The van der Waals surface area contributed by atoms with E-state index in [2.05, 4.69) is 5.32 Å². The Morgan fingerprint density at radius 3 is 2.71 bits per heavy atom. The molecule has 0 aromatic heterocycles. The van der Waals surface area contributed by atoms with Crippen molar-refractivity contribution in [1.29, 1.82) is 0 Å². The van der Waals surface area contributed by atoms with Crippen molar-refractivity contribution in [3.63, 3.8) is 0 Å². The number of hydrogen-bond donors (Lipinski definition) is 2. The molecule has 0 aliphatic rings. The van der Waals surface area contributed by atoms with Crippen LogP contribution in [-0.4, -0.2) is 37.4 Å². The predicted molar refractivity (Wildman–Crippen MR) is 55.4 cm³/mol. The van der Waals surface area contributed by atoms with E-state index in [4.69, 9.17) is 9.84 Å². The Morgan fingerprint density at radius 1 is 1.64 bits per heavy atom.